The van der Waals surface area contributed by atoms with Crippen molar-refractivity contribution in [3.8, 4) is 0 Å². The van der Waals surface area contributed by atoms with Crippen LogP contribution in [0.4, 0.5) is 4.79 Å². The Morgan fingerprint density at radius 1 is 0.917 bits per heavy atom. The van der Waals surface area contributed by atoms with E-state index in [9.17, 15) is 19.5 Å². The summed E-state index contributed by atoms with van der Waals surface area (Å²) < 4.78 is 22.1. The van der Waals surface area contributed by atoms with Gasteiger partial charge in [-0.15, -0.1) is 0 Å². The number of hydrogen-bond acceptors (Lipinski definition) is 8. The zero-order valence-corrected chi connectivity index (χ0v) is 29.9. The Morgan fingerprint density at radius 3 is 1.98 bits per heavy atom. The lowest BCUT2D eigenvalue weighted by Gasteiger charge is -2.37. The molecule has 7 unspecified atom stereocenters. The highest BCUT2D eigenvalue weighted by atomic mass is 16.8. The van der Waals surface area contributed by atoms with Crippen LogP contribution in [0.3, 0.4) is 0 Å². The third-order valence-corrected chi connectivity index (χ3v) is 8.16. The second-order valence-electron chi connectivity index (χ2n) is 13.3. The number of hydrogen-bond donors (Lipinski definition) is 3. The molecule has 0 heterocycles. The second-order valence-corrected chi connectivity index (χ2v) is 13.3. The van der Waals surface area contributed by atoms with Gasteiger partial charge in [0.2, 0.25) is 11.8 Å². The summed E-state index contributed by atoms with van der Waals surface area (Å²) in [5, 5.41) is 14.6. The number of aliphatic hydroxyl groups is 1. The van der Waals surface area contributed by atoms with Gasteiger partial charge in [0.15, 0.2) is 12.6 Å². The van der Waals surface area contributed by atoms with Gasteiger partial charge in [-0.2, -0.15) is 0 Å². The molecular formula is C37H57N3O8. The lowest BCUT2D eigenvalue weighted by atomic mass is 9.87. The molecule has 268 valence electrons. The fourth-order valence-corrected chi connectivity index (χ4v) is 5.50. The number of nitrogens with one attached hydrogen (secondary N) is 1. The minimum absolute atomic E-state index is 0.00472. The third kappa shape index (κ3) is 14.3. The average molecular weight is 672 g/mol. The molecule has 11 nitrogen and oxygen atoms in total. The number of primary amides is 1. The summed E-state index contributed by atoms with van der Waals surface area (Å²) in [7, 11) is 1.52. The van der Waals surface area contributed by atoms with Crippen LogP contribution in [0.2, 0.25) is 0 Å². The first kappa shape index (κ1) is 40.7. The van der Waals surface area contributed by atoms with Gasteiger partial charge in [-0.05, 0) is 70.9 Å². The van der Waals surface area contributed by atoms with Crippen molar-refractivity contribution in [2.75, 3.05) is 20.3 Å². The van der Waals surface area contributed by atoms with Crippen LogP contribution in [0, 0.1) is 11.8 Å². The van der Waals surface area contributed by atoms with Crippen molar-refractivity contribution in [3.05, 3.63) is 71.8 Å². The number of aliphatic hydroxyl groups excluding tert-OH is 1. The molecule has 2 aromatic rings. The molecule has 2 aromatic carbocycles. The quantitative estimate of drug-likeness (QED) is 0.170. The van der Waals surface area contributed by atoms with Crippen molar-refractivity contribution in [2.45, 2.75) is 111 Å². The Kier molecular flexibility index (Phi) is 17.0. The van der Waals surface area contributed by atoms with Gasteiger partial charge in [-0.25, -0.2) is 4.79 Å². The Labute approximate surface area is 286 Å². The first-order valence-corrected chi connectivity index (χ1v) is 16.8. The molecule has 0 aromatic heterocycles. The van der Waals surface area contributed by atoms with E-state index in [0.717, 1.165) is 11.1 Å². The maximum absolute atomic E-state index is 14.6. The predicted molar refractivity (Wildman–Crippen MR) is 185 cm³/mol. The smallest absolute Gasteiger partial charge is 0.407 e. The molecule has 48 heavy (non-hydrogen) atoms. The maximum atomic E-state index is 14.6. The molecule has 0 fully saturated rings. The summed E-state index contributed by atoms with van der Waals surface area (Å²) >= 11 is 0. The van der Waals surface area contributed by atoms with Gasteiger partial charge in [0.25, 0.3) is 0 Å². The Hall–Kier alpha value is -3.51. The molecule has 0 aliphatic heterocycles. The number of alkyl carbamates (subject to hydrolysis) is 1. The first-order chi connectivity index (χ1) is 22.6. The zero-order valence-electron chi connectivity index (χ0n) is 29.9. The number of nitrogens with zero attached hydrogens (tertiary/aromatic N) is 1. The highest BCUT2D eigenvalue weighted by Crippen LogP contribution is 2.25. The van der Waals surface area contributed by atoms with Crippen LogP contribution in [0.15, 0.2) is 60.7 Å². The number of rotatable bonds is 20. The van der Waals surface area contributed by atoms with E-state index in [1.54, 1.807) is 34.6 Å². The number of carbonyl (C=O) groups excluding carboxylic acids is 3. The number of amides is 3. The van der Waals surface area contributed by atoms with E-state index in [1.807, 2.05) is 74.5 Å². The summed E-state index contributed by atoms with van der Waals surface area (Å²) in [6, 6.07) is 17.3. The molecule has 4 N–H and O–H groups in total. The zero-order chi connectivity index (χ0) is 35.9. The molecule has 11 heteroatoms. The van der Waals surface area contributed by atoms with Gasteiger partial charge in [0.05, 0.1) is 18.8 Å². The molecule has 0 spiro atoms. The molecule has 2 rings (SSSR count). The van der Waals surface area contributed by atoms with E-state index in [1.165, 1.54) is 12.0 Å². The van der Waals surface area contributed by atoms with Crippen LogP contribution in [0.5, 0.6) is 0 Å². The van der Waals surface area contributed by atoms with Crippen LogP contribution in [0.25, 0.3) is 0 Å². The molecule has 3 amide bonds. The SMILES string of the molecule is CCC(C)C(C(N)=O)N(CCOC(C)OC(C)OC)C(=O)C(Cc1ccccc1)CC(O)C(Cc1ccccc1)NC(=O)OC(C)(C)C. The number of carbonyl (C=O) groups is 3. The first-order valence-electron chi connectivity index (χ1n) is 16.8. The molecule has 0 aliphatic carbocycles. The van der Waals surface area contributed by atoms with Gasteiger partial charge in [-0.1, -0.05) is 80.9 Å². The molecule has 7 atom stereocenters. The lowest BCUT2D eigenvalue weighted by molar-refractivity contribution is -0.224. The largest absolute Gasteiger partial charge is 0.444 e. The fourth-order valence-electron chi connectivity index (χ4n) is 5.50. The van der Waals surface area contributed by atoms with Crippen LogP contribution >= 0.6 is 0 Å². The van der Waals surface area contributed by atoms with Gasteiger partial charge in [0, 0.05) is 19.6 Å². The number of methoxy groups -OCH3 is 1. The van der Waals surface area contributed by atoms with E-state index in [2.05, 4.69) is 5.32 Å². The molecule has 0 saturated heterocycles. The monoisotopic (exact) mass is 671 g/mol. The fraction of sp³-hybridized carbons (Fsp3) is 0.595. The molecule has 0 bridgehead atoms. The van der Waals surface area contributed by atoms with Crippen molar-refractivity contribution < 1.29 is 38.4 Å². The van der Waals surface area contributed by atoms with E-state index in [0.29, 0.717) is 12.8 Å². The van der Waals surface area contributed by atoms with Gasteiger partial charge < -0.3 is 40.0 Å². The van der Waals surface area contributed by atoms with E-state index in [-0.39, 0.29) is 37.8 Å². The Morgan fingerprint density at radius 2 is 1.48 bits per heavy atom. The standard InChI is InChI=1S/C37H57N3O8/c1-9-25(2)33(34(38)42)40(20-21-46-27(4)47-26(3)45-8)35(43)30(22-28-16-12-10-13-17-28)24-32(41)31(23-29-18-14-11-15-19-29)39-36(44)48-37(5,6)7/h10-19,25-27,30-33,41H,9,20-24H2,1-8H3,(H2,38,42)(H,39,44). The molecule has 0 saturated carbocycles. The summed E-state index contributed by atoms with van der Waals surface area (Å²) in [6.45, 7) is 12.7. The number of nitrogens with two attached hydrogens (primary N) is 1. The van der Waals surface area contributed by atoms with Crippen LogP contribution in [-0.4, -0.2) is 84.5 Å². The average Bonchev–Trinajstić information content (AvgIpc) is 3.02. The van der Waals surface area contributed by atoms with E-state index >= 15 is 0 Å². The topological polar surface area (TPSA) is 150 Å². The Bertz CT molecular complexity index is 1240. The minimum atomic E-state index is -1.15. The Balaban J connectivity index is 2.46. The number of ether oxygens (including phenoxy) is 4. The predicted octanol–water partition coefficient (Wildman–Crippen LogP) is 4.83. The van der Waals surface area contributed by atoms with Gasteiger partial charge in [0.1, 0.15) is 11.6 Å². The van der Waals surface area contributed by atoms with E-state index < -0.39 is 54.3 Å². The van der Waals surface area contributed by atoms with Gasteiger partial charge >= 0.3 is 6.09 Å². The normalized spacial score (nSPS) is 16.1. The van der Waals surface area contributed by atoms with Crippen molar-refractivity contribution >= 4 is 17.9 Å². The molecular weight excluding hydrogens is 614 g/mol. The van der Waals surface area contributed by atoms with Gasteiger partial charge in [-0.3, -0.25) is 9.59 Å². The highest BCUT2D eigenvalue weighted by Gasteiger charge is 2.37. The highest BCUT2D eigenvalue weighted by molar-refractivity contribution is 5.88. The summed E-state index contributed by atoms with van der Waals surface area (Å²) in [5.41, 5.74) is 6.97. The van der Waals surface area contributed by atoms with Crippen LogP contribution < -0.4 is 11.1 Å². The number of benzene rings is 2. The van der Waals surface area contributed by atoms with Crippen molar-refractivity contribution in [1.29, 1.82) is 0 Å². The minimum Gasteiger partial charge on any atom is -0.444 e. The lowest BCUT2D eigenvalue weighted by Crippen LogP contribution is -2.55. The van der Waals surface area contributed by atoms with E-state index in [4.69, 9.17) is 24.7 Å². The summed E-state index contributed by atoms with van der Waals surface area (Å²) in [5.74, 6) is -1.98. The third-order valence-electron chi connectivity index (χ3n) is 8.16. The molecule has 0 radical (unpaired) electrons. The summed E-state index contributed by atoms with van der Waals surface area (Å²) in [6.07, 6.45) is -1.75. The molecule has 0 aliphatic rings. The van der Waals surface area contributed by atoms with Crippen LogP contribution in [0.1, 0.15) is 72.4 Å². The van der Waals surface area contributed by atoms with Crippen molar-refractivity contribution in [1.82, 2.24) is 10.2 Å². The summed E-state index contributed by atoms with van der Waals surface area (Å²) in [4.78, 5) is 41.9. The van der Waals surface area contributed by atoms with Crippen molar-refractivity contribution in [3.63, 3.8) is 0 Å². The van der Waals surface area contributed by atoms with Crippen molar-refractivity contribution in [2.24, 2.45) is 17.6 Å². The second kappa shape index (κ2) is 20.1. The van der Waals surface area contributed by atoms with Crippen LogP contribution in [-0.2, 0) is 41.4 Å². The maximum Gasteiger partial charge on any atom is 0.407 e.